The zero-order chi connectivity index (χ0) is 13.9. The summed E-state index contributed by atoms with van der Waals surface area (Å²) in [7, 11) is 0. The molecule has 2 aromatic heterocycles. The number of likely N-dealkylation sites (tertiary alicyclic amines) is 1. The zero-order valence-corrected chi connectivity index (χ0v) is 12.5. The number of nitrogens with two attached hydrogens (primary N) is 1. The van der Waals surface area contributed by atoms with E-state index in [2.05, 4.69) is 22.0 Å². The van der Waals surface area contributed by atoms with Crippen LogP contribution in [0.4, 0.5) is 0 Å². The smallest absolute Gasteiger partial charge is 0.258 e. The first kappa shape index (κ1) is 13.7. The van der Waals surface area contributed by atoms with Crippen LogP contribution in [-0.4, -0.2) is 34.7 Å². The summed E-state index contributed by atoms with van der Waals surface area (Å²) in [5.74, 6) is 2.66. The highest BCUT2D eigenvalue weighted by Gasteiger charge is 2.26. The van der Waals surface area contributed by atoms with Gasteiger partial charge in [0.1, 0.15) is 0 Å². The van der Waals surface area contributed by atoms with Crippen LogP contribution in [0.25, 0.3) is 11.5 Å². The molecule has 108 valence electrons. The maximum Gasteiger partial charge on any atom is 0.258 e. The molecule has 3 rings (SSSR count). The van der Waals surface area contributed by atoms with Crippen LogP contribution >= 0.6 is 11.3 Å². The number of rotatable bonds is 4. The molecule has 2 unspecified atom stereocenters. The number of piperidine rings is 1. The van der Waals surface area contributed by atoms with Gasteiger partial charge in [-0.2, -0.15) is 16.3 Å². The van der Waals surface area contributed by atoms with Gasteiger partial charge in [-0.05, 0) is 42.8 Å². The number of thiophene rings is 1. The maximum absolute atomic E-state index is 5.84. The van der Waals surface area contributed by atoms with Gasteiger partial charge in [0, 0.05) is 11.9 Å². The summed E-state index contributed by atoms with van der Waals surface area (Å²) in [5, 5.41) is 8.11. The monoisotopic (exact) mass is 292 g/mol. The molecule has 0 saturated carbocycles. The van der Waals surface area contributed by atoms with Gasteiger partial charge >= 0.3 is 0 Å². The van der Waals surface area contributed by atoms with Crippen molar-refractivity contribution in [2.24, 2.45) is 17.6 Å². The molecule has 2 atom stereocenters. The van der Waals surface area contributed by atoms with Crippen LogP contribution in [-0.2, 0) is 6.54 Å². The van der Waals surface area contributed by atoms with Crippen LogP contribution in [0.3, 0.4) is 0 Å². The molecular weight excluding hydrogens is 272 g/mol. The first-order valence-electron chi connectivity index (χ1n) is 7.04. The Morgan fingerprint density at radius 2 is 2.45 bits per heavy atom. The van der Waals surface area contributed by atoms with E-state index in [1.807, 2.05) is 16.8 Å². The van der Waals surface area contributed by atoms with Gasteiger partial charge in [0.25, 0.3) is 5.89 Å². The van der Waals surface area contributed by atoms with Crippen LogP contribution < -0.4 is 5.73 Å². The lowest BCUT2D eigenvalue weighted by Gasteiger charge is -2.35. The molecule has 1 aliphatic rings. The Morgan fingerprint density at radius 1 is 1.55 bits per heavy atom. The standard InChI is InChI=1S/C14H20N4OS/c1-10-2-4-18(7-12(10)6-15)8-13-16-14(19-17-13)11-3-5-20-9-11/h3,5,9-10,12H,2,4,6-8,15H2,1H3. The third-order valence-electron chi connectivity index (χ3n) is 4.10. The third-order valence-corrected chi connectivity index (χ3v) is 4.79. The van der Waals surface area contributed by atoms with Crippen molar-refractivity contribution in [3.8, 4) is 11.5 Å². The summed E-state index contributed by atoms with van der Waals surface area (Å²) < 4.78 is 5.32. The zero-order valence-electron chi connectivity index (χ0n) is 11.7. The largest absolute Gasteiger partial charge is 0.334 e. The quantitative estimate of drug-likeness (QED) is 0.935. The molecular formula is C14H20N4OS. The summed E-state index contributed by atoms with van der Waals surface area (Å²) in [6.45, 7) is 5.90. The number of nitrogens with zero attached hydrogens (tertiary/aromatic N) is 3. The summed E-state index contributed by atoms with van der Waals surface area (Å²) in [4.78, 5) is 6.85. The van der Waals surface area contributed by atoms with Crippen LogP contribution in [0.1, 0.15) is 19.2 Å². The number of hydrogen-bond donors (Lipinski definition) is 1. The summed E-state index contributed by atoms with van der Waals surface area (Å²) in [5.41, 5.74) is 6.84. The molecule has 3 heterocycles. The lowest BCUT2D eigenvalue weighted by molar-refractivity contribution is 0.122. The van der Waals surface area contributed by atoms with Crippen molar-refractivity contribution in [2.75, 3.05) is 19.6 Å². The molecule has 0 spiro atoms. The van der Waals surface area contributed by atoms with Crippen LogP contribution in [0, 0.1) is 11.8 Å². The minimum absolute atomic E-state index is 0.576. The highest BCUT2D eigenvalue weighted by Crippen LogP contribution is 2.24. The normalized spacial score (nSPS) is 24.1. The van der Waals surface area contributed by atoms with Gasteiger partial charge in [-0.3, -0.25) is 4.90 Å². The second kappa shape index (κ2) is 6.03. The minimum Gasteiger partial charge on any atom is -0.334 e. The lowest BCUT2D eigenvalue weighted by atomic mass is 9.87. The molecule has 2 aromatic rings. The first-order valence-corrected chi connectivity index (χ1v) is 7.98. The van der Waals surface area contributed by atoms with Crippen molar-refractivity contribution in [3.63, 3.8) is 0 Å². The average Bonchev–Trinajstić information content (AvgIpc) is 3.11. The van der Waals surface area contributed by atoms with Crippen molar-refractivity contribution in [3.05, 3.63) is 22.7 Å². The van der Waals surface area contributed by atoms with Crippen LogP contribution in [0.2, 0.25) is 0 Å². The molecule has 1 saturated heterocycles. The van der Waals surface area contributed by atoms with Crippen LogP contribution in [0.15, 0.2) is 21.3 Å². The van der Waals surface area contributed by atoms with Gasteiger partial charge in [-0.1, -0.05) is 12.1 Å². The van der Waals surface area contributed by atoms with E-state index < -0.39 is 0 Å². The average molecular weight is 292 g/mol. The van der Waals surface area contributed by atoms with E-state index >= 15 is 0 Å². The highest BCUT2D eigenvalue weighted by atomic mass is 32.1. The van der Waals surface area contributed by atoms with Crippen molar-refractivity contribution in [1.29, 1.82) is 0 Å². The Bertz CT molecular complexity index is 539. The predicted molar refractivity (Wildman–Crippen MR) is 79.2 cm³/mol. The van der Waals surface area contributed by atoms with E-state index in [4.69, 9.17) is 10.3 Å². The van der Waals surface area contributed by atoms with Gasteiger partial charge in [0.15, 0.2) is 5.82 Å². The third kappa shape index (κ3) is 2.92. The Kier molecular flexibility index (Phi) is 4.14. The molecule has 0 bridgehead atoms. The van der Waals surface area contributed by atoms with Gasteiger partial charge in [0.2, 0.25) is 0 Å². The molecule has 1 fully saturated rings. The second-order valence-electron chi connectivity index (χ2n) is 5.52. The minimum atomic E-state index is 0.576. The Balaban J connectivity index is 1.64. The fourth-order valence-corrected chi connectivity index (χ4v) is 3.33. The van der Waals surface area contributed by atoms with Gasteiger partial charge in [-0.25, -0.2) is 0 Å². The topological polar surface area (TPSA) is 68.2 Å². The van der Waals surface area contributed by atoms with Crippen LogP contribution in [0.5, 0.6) is 0 Å². The van der Waals surface area contributed by atoms with Gasteiger partial charge < -0.3 is 10.3 Å². The molecule has 0 aliphatic carbocycles. The fraction of sp³-hybridized carbons (Fsp3) is 0.571. The Hall–Kier alpha value is -1.24. The lowest BCUT2D eigenvalue weighted by Crippen LogP contribution is -2.42. The Labute approximate surface area is 122 Å². The SMILES string of the molecule is CC1CCN(Cc2noc(-c3ccsc3)n2)CC1CN. The molecule has 0 aromatic carbocycles. The summed E-state index contributed by atoms with van der Waals surface area (Å²) in [6, 6.07) is 2.00. The van der Waals surface area contributed by atoms with E-state index in [9.17, 15) is 0 Å². The van der Waals surface area contributed by atoms with E-state index in [1.54, 1.807) is 11.3 Å². The number of aromatic nitrogens is 2. The van der Waals surface area contributed by atoms with Crippen molar-refractivity contribution in [2.45, 2.75) is 19.9 Å². The molecule has 1 aliphatic heterocycles. The maximum atomic E-state index is 5.84. The van der Waals surface area contributed by atoms with Crippen molar-refractivity contribution in [1.82, 2.24) is 15.0 Å². The molecule has 0 amide bonds. The molecule has 2 N–H and O–H groups in total. The van der Waals surface area contributed by atoms with Gasteiger partial charge in [-0.15, -0.1) is 0 Å². The summed E-state index contributed by atoms with van der Waals surface area (Å²) >= 11 is 1.63. The molecule has 20 heavy (non-hydrogen) atoms. The van der Waals surface area contributed by atoms with E-state index in [0.29, 0.717) is 17.7 Å². The summed E-state index contributed by atoms with van der Waals surface area (Å²) in [6.07, 6.45) is 1.19. The van der Waals surface area contributed by atoms with Gasteiger partial charge in [0.05, 0.1) is 12.1 Å². The van der Waals surface area contributed by atoms with E-state index in [1.165, 1.54) is 6.42 Å². The first-order chi connectivity index (χ1) is 9.76. The molecule has 6 heteroatoms. The Morgan fingerprint density at radius 3 is 3.20 bits per heavy atom. The predicted octanol–water partition coefficient (Wildman–Crippen LogP) is 2.21. The van der Waals surface area contributed by atoms with E-state index in [0.717, 1.165) is 37.6 Å². The fourth-order valence-electron chi connectivity index (χ4n) is 2.70. The number of hydrogen-bond acceptors (Lipinski definition) is 6. The van der Waals surface area contributed by atoms with Crippen molar-refractivity contribution >= 4 is 11.3 Å². The molecule has 0 radical (unpaired) electrons. The van der Waals surface area contributed by atoms with Crippen molar-refractivity contribution < 1.29 is 4.52 Å². The second-order valence-corrected chi connectivity index (χ2v) is 6.30. The highest BCUT2D eigenvalue weighted by molar-refractivity contribution is 7.08. The van der Waals surface area contributed by atoms with E-state index in [-0.39, 0.29) is 0 Å². The molecule has 5 nitrogen and oxygen atoms in total.